The van der Waals surface area contributed by atoms with Crippen LogP contribution < -0.4 is 0 Å². The van der Waals surface area contributed by atoms with Crippen molar-refractivity contribution < 1.29 is 4.74 Å². The summed E-state index contributed by atoms with van der Waals surface area (Å²) in [6.07, 6.45) is 6.29. The summed E-state index contributed by atoms with van der Waals surface area (Å²) >= 11 is 0. The average molecular weight is 273 g/mol. The molecule has 0 aliphatic carbocycles. The van der Waals surface area contributed by atoms with Gasteiger partial charge in [0.25, 0.3) is 0 Å². The summed E-state index contributed by atoms with van der Waals surface area (Å²) in [5.41, 5.74) is 1.82. The second-order valence-electron chi connectivity index (χ2n) is 4.39. The molecule has 0 bridgehead atoms. The highest BCUT2D eigenvalue weighted by Crippen LogP contribution is 2.18. The molecule has 0 radical (unpaired) electrons. The normalized spacial score (nSPS) is 11.3. The highest BCUT2D eigenvalue weighted by Gasteiger charge is 2.15. The third-order valence-corrected chi connectivity index (χ3v) is 3.05. The van der Waals surface area contributed by atoms with Crippen LogP contribution in [-0.4, -0.2) is 48.1 Å². The first-order valence-electron chi connectivity index (χ1n) is 6.34. The lowest BCUT2D eigenvalue weighted by Gasteiger charge is -2.04. The van der Waals surface area contributed by atoms with Crippen LogP contribution in [0, 0.1) is 6.92 Å². The van der Waals surface area contributed by atoms with Gasteiger partial charge in [0.15, 0.2) is 5.82 Å². The zero-order valence-electron chi connectivity index (χ0n) is 11.4. The molecule has 3 heterocycles. The molecule has 0 unspecified atom stereocenters. The van der Waals surface area contributed by atoms with Gasteiger partial charge in [0, 0.05) is 13.7 Å². The van der Waals surface area contributed by atoms with E-state index in [0.29, 0.717) is 12.4 Å². The molecule has 3 aromatic rings. The molecule has 8 heteroatoms. The number of ether oxygens (including phenoxy) is 1. The fraction of sp³-hybridized carbons (Fsp3) is 0.417. The van der Waals surface area contributed by atoms with Crippen molar-refractivity contribution in [1.82, 2.24) is 34.3 Å². The van der Waals surface area contributed by atoms with Crippen LogP contribution in [0.15, 0.2) is 19.0 Å². The van der Waals surface area contributed by atoms with Gasteiger partial charge in [0.2, 0.25) is 0 Å². The van der Waals surface area contributed by atoms with E-state index in [4.69, 9.17) is 4.74 Å². The largest absolute Gasteiger partial charge is 0.385 e. The number of aromatic nitrogens is 7. The third kappa shape index (κ3) is 2.14. The van der Waals surface area contributed by atoms with E-state index in [1.807, 2.05) is 6.92 Å². The Bertz CT molecular complexity index is 704. The molecule has 0 aliphatic rings. The van der Waals surface area contributed by atoms with Gasteiger partial charge in [-0.2, -0.15) is 10.2 Å². The topological polar surface area (TPSA) is 83.0 Å². The van der Waals surface area contributed by atoms with Gasteiger partial charge in [-0.05, 0) is 19.8 Å². The van der Waals surface area contributed by atoms with Gasteiger partial charge < -0.3 is 4.74 Å². The minimum absolute atomic E-state index is 0.686. The van der Waals surface area contributed by atoms with Crippen molar-refractivity contribution in [2.45, 2.75) is 19.8 Å². The molecule has 0 amide bonds. The minimum Gasteiger partial charge on any atom is -0.385 e. The van der Waals surface area contributed by atoms with Crippen molar-refractivity contribution in [1.29, 1.82) is 0 Å². The standard InChI is InChI=1S/C12H15N7O/c1-9-17-10(4-3-5-20-2)11-12(14-7-16-19(9)11)18-8-13-6-15-18/h6-8H,3-5H2,1-2H3. The van der Waals surface area contributed by atoms with E-state index in [9.17, 15) is 0 Å². The van der Waals surface area contributed by atoms with Crippen LogP contribution >= 0.6 is 0 Å². The maximum absolute atomic E-state index is 5.09. The van der Waals surface area contributed by atoms with E-state index in [0.717, 1.165) is 29.9 Å². The number of aryl methyl sites for hydroxylation is 2. The summed E-state index contributed by atoms with van der Waals surface area (Å²) in [7, 11) is 1.69. The van der Waals surface area contributed by atoms with E-state index in [1.54, 1.807) is 22.6 Å². The van der Waals surface area contributed by atoms with Gasteiger partial charge in [0.05, 0.1) is 5.69 Å². The second kappa shape index (κ2) is 5.33. The summed E-state index contributed by atoms with van der Waals surface area (Å²) in [6.45, 7) is 2.62. The molecule has 8 nitrogen and oxygen atoms in total. The first-order chi connectivity index (χ1) is 9.81. The van der Waals surface area contributed by atoms with Crippen LogP contribution in [0.1, 0.15) is 17.9 Å². The summed E-state index contributed by atoms with van der Waals surface area (Å²) in [5, 5.41) is 8.38. The van der Waals surface area contributed by atoms with Crippen LogP contribution in [0.4, 0.5) is 0 Å². The SMILES string of the molecule is COCCCc1nc(C)n2ncnc(-n3cncn3)c12. The van der Waals surface area contributed by atoms with Gasteiger partial charge in [0.1, 0.15) is 30.3 Å². The van der Waals surface area contributed by atoms with E-state index >= 15 is 0 Å². The molecule has 3 rings (SSSR count). The molecule has 20 heavy (non-hydrogen) atoms. The molecule has 0 aromatic carbocycles. The molecule has 0 spiro atoms. The minimum atomic E-state index is 0.686. The first-order valence-corrected chi connectivity index (χ1v) is 6.34. The monoisotopic (exact) mass is 273 g/mol. The molecular formula is C12H15N7O. The summed E-state index contributed by atoms with van der Waals surface area (Å²) in [4.78, 5) is 12.8. The van der Waals surface area contributed by atoms with Crippen LogP contribution in [0.2, 0.25) is 0 Å². The number of hydrogen-bond acceptors (Lipinski definition) is 6. The Hall–Kier alpha value is -2.35. The lowest BCUT2D eigenvalue weighted by molar-refractivity contribution is 0.195. The van der Waals surface area contributed by atoms with Crippen LogP contribution in [0.3, 0.4) is 0 Å². The number of nitrogens with zero attached hydrogens (tertiary/aromatic N) is 7. The summed E-state index contributed by atoms with van der Waals surface area (Å²) in [5.74, 6) is 1.52. The molecule has 0 saturated carbocycles. The van der Waals surface area contributed by atoms with Crippen molar-refractivity contribution in [3.8, 4) is 5.82 Å². The Balaban J connectivity index is 2.11. The van der Waals surface area contributed by atoms with Gasteiger partial charge >= 0.3 is 0 Å². The Morgan fingerprint density at radius 1 is 1.25 bits per heavy atom. The van der Waals surface area contributed by atoms with E-state index < -0.39 is 0 Å². The fourth-order valence-corrected chi connectivity index (χ4v) is 2.18. The molecule has 0 aliphatic heterocycles. The first kappa shape index (κ1) is 12.7. The van der Waals surface area contributed by atoms with Crippen molar-refractivity contribution >= 4 is 5.52 Å². The molecule has 104 valence electrons. The van der Waals surface area contributed by atoms with Crippen LogP contribution in [0.5, 0.6) is 0 Å². The number of imidazole rings is 1. The van der Waals surface area contributed by atoms with Gasteiger partial charge in [-0.25, -0.2) is 24.1 Å². The number of fused-ring (bicyclic) bond motifs is 1. The van der Waals surface area contributed by atoms with E-state index in [-0.39, 0.29) is 0 Å². The molecule has 0 atom stereocenters. The zero-order chi connectivity index (χ0) is 13.9. The Kier molecular flexibility index (Phi) is 3.38. The number of hydrogen-bond donors (Lipinski definition) is 0. The van der Waals surface area contributed by atoms with Gasteiger partial charge in [-0.1, -0.05) is 0 Å². The molecule has 3 aromatic heterocycles. The molecule has 0 fully saturated rings. The molecule has 0 N–H and O–H groups in total. The Morgan fingerprint density at radius 2 is 2.15 bits per heavy atom. The average Bonchev–Trinajstić information content (AvgIpc) is 3.08. The van der Waals surface area contributed by atoms with Crippen molar-refractivity contribution in [2.75, 3.05) is 13.7 Å². The summed E-state index contributed by atoms with van der Waals surface area (Å²) in [6, 6.07) is 0. The fourth-order valence-electron chi connectivity index (χ4n) is 2.18. The highest BCUT2D eigenvalue weighted by atomic mass is 16.5. The lowest BCUT2D eigenvalue weighted by atomic mass is 10.2. The van der Waals surface area contributed by atoms with Crippen LogP contribution in [0.25, 0.3) is 11.3 Å². The smallest absolute Gasteiger partial charge is 0.184 e. The number of rotatable bonds is 5. The van der Waals surface area contributed by atoms with Crippen molar-refractivity contribution in [3.63, 3.8) is 0 Å². The maximum atomic E-state index is 5.09. The number of methoxy groups -OCH3 is 1. The highest BCUT2D eigenvalue weighted by molar-refractivity contribution is 5.64. The quantitative estimate of drug-likeness (QED) is 0.633. The van der Waals surface area contributed by atoms with Crippen LogP contribution in [-0.2, 0) is 11.2 Å². The lowest BCUT2D eigenvalue weighted by Crippen LogP contribution is -2.05. The second-order valence-corrected chi connectivity index (χ2v) is 4.39. The third-order valence-electron chi connectivity index (χ3n) is 3.05. The van der Waals surface area contributed by atoms with Gasteiger partial charge in [-0.15, -0.1) is 0 Å². The predicted molar refractivity (Wildman–Crippen MR) is 70.6 cm³/mol. The maximum Gasteiger partial charge on any atom is 0.184 e. The van der Waals surface area contributed by atoms with E-state index in [1.165, 1.54) is 12.7 Å². The van der Waals surface area contributed by atoms with E-state index in [2.05, 4.69) is 25.1 Å². The van der Waals surface area contributed by atoms with Gasteiger partial charge in [-0.3, -0.25) is 0 Å². The molecule has 0 saturated heterocycles. The zero-order valence-corrected chi connectivity index (χ0v) is 11.4. The molecular weight excluding hydrogens is 258 g/mol. The Labute approximate surface area is 115 Å². The van der Waals surface area contributed by atoms with Crippen molar-refractivity contribution in [2.24, 2.45) is 0 Å². The predicted octanol–water partition coefficient (Wildman–Crippen LogP) is 0.592. The Morgan fingerprint density at radius 3 is 2.90 bits per heavy atom. The summed E-state index contributed by atoms with van der Waals surface area (Å²) < 4.78 is 8.50. The van der Waals surface area contributed by atoms with Crippen molar-refractivity contribution in [3.05, 3.63) is 30.5 Å².